The van der Waals surface area contributed by atoms with Gasteiger partial charge >= 0.3 is 166 Å². The summed E-state index contributed by atoms with van der Waals surface area (Å²) in [6.07, 6.45) is 0. The van der Waals surface area contributed by atoms with E-state index in [4.69, 9.17) is 0 Å². The van der Waals surface area contributed by atoms with Crippen molar-refractivity contribution in [2.24, 2.45) is 7.05 Å². The van der Waals surface area contributed by atoms with E-state index in [2.05, 4.69) is 86.1 Å². The molecule has 5 aromatic rings. The molecule has 0 aliphatic heterocycles. The van der Waals surface area contributed by atoms with Crippen molar-refractivity contribution in [2.45, 2.75) is 13.8 Å². The molecular weight excluding hydrogens is 448 g/mol. The summed E-state index contributed by atoms with van der Waals surface area (Å²) in [5, 5.41) is 2.74. The molecular formula is C23H19NSe2. The third-order valence-corrected chi connectivity index (χ3v) is 10.3. The monoisotopic (exact) mass is 469 g/mol. The molecule has 2 aromatic carbocycles. The summed E-state index contributed by atoms with van der Waals surface area (Å²) < 4.78 is 8.48. The van der Waals surface area contributed by atoms with Crippen LogP contribution in [0.1, 0.15) is 10.0 Å². The van der Waals surface area contributed by atoms with E-state index < -0.39 is 0 Å². The fourth-order valence-electron chi connectivity index (χ4n) is 3.68. The van der Waals surface area contributed by atoms with Gasteiger partial charge in [-0.15, -0.1) is 0 Å². The molecule has 0 atom stereocenters. The van der Waals surface area contributed by atoms with Crippen molar-refractivity contribution >= 4 is 50.8 Å². The Labute approximate surface area is 165 Å². The van der Waals surface area contributed by atoms with Crippen LogP contribution in [0, 0.1) is 13.8 Å². The van der Waals surface area contributed by atoms with E-state index in [1.54, 1.807) is 8.87 Å². The maximum atomic E-state index is 2.40. The molecule has 0 saturated carbocycles. The van der Waals surface area contributed by atoms with Gasteiger partial charge in [0.1, 0.15) is 0 Å². The minimum absolute atomic E-state index is 0.417. The summed E-state index contributed by atoms with van der Waals surface area (Å²) in [7, 11) is 2.17. The molecule has 0 unspecified atom stereocenters. The van der Waals surface area contributed by atoms with Crippen LogP contribution in [0.25, 0.3) is 40.7 Å². The minimum atomic E-state index is 0.417. The predicted octanol–water partition coefficient (Wildman–Crippen LogP) is 5.40. The topological polar surface area (TPSA) is 4.93 Å². The van der Waals surface area contributed by atoms with Crippen molar-refractivity contribution < 1.29 is 0 Å². The van der Waals surface area contributed by atoms with Gasteiger partial charge in [-0.25, -0.2) is 0 Å². The average Bonchev–Trinajstić information content (AvgIpc) is 3.34. The molecule has 0 bridgehead atoms. The number of fused-ring (bicyclic) bond motifs is 3. The summed E-state index contributed by atoms with van der Waals surface area (Å²) in [5.74, 6) is 0. The number of aryl methyl sites for hydroxylation is 3. The number of hydrogen-bond donors (Lipinski definition) is 0. The molecule has 26 heavy (non-hydrogen) atoms. The van der Waals surface area contributed by atoms with Gasteiger partial charge in [0.05, 0.1) is 0 Å². The molecule has 0 N–H and O–H groups in total. The van der Waals surface area contributed by atoms with E-state index in [0.29, 0.717) is 29.0 Å². The number of hydrogen-bond acceptors (Lipinski definition) is 0. The number of benzene rings is 2. The molecule has 3 heteroatoms. The zero-order chi connectivity index (χ0) is 17.8. The molecule has 3 aromatic heterocycles. The molecule has 1 nitrogen and oxygen atoms in total. The van der Waals surface area contributed by atoms with Crippen LogP contribution >= 0.6 is 0 Å². The number of aromatic nitrogens is 1. The molecule has 0 saturated heterocycles. The summed E-state index contributed by atoms with van der Waals surface area (Å²) >= 11 is 0.953. The van der Waals surface area contributed by atoms with Crippen molar-refractivity contribution in [3.63, 3.8) is 0 Å². The molecule has 0 spiro atoms. The van der Waals surface area contributed by atoms with E-state index in [-0.39, 0.29) is 0 Å². The van der Waals surface area contributed by atoms with Crippen molar-refractivity contribution in [3.05, 3.63) is 70.7 Å². The van der Waals surface area contributed by atoms with Gasteiger partial charge in [0.25, 0.3) is 0 Å². The Bertz CT molecular complexity index is 1270. The van der Waals surface area contributed by atoms with Crippen LogP contribution in [-0.2, 0) is 7.05 Å². The first-order valence-corrected chi connectivity index (χ1v) is 12.2. The van der Waals surface area contributed by atoms with Gasteiger partial charge in [-0.05, 0) is 0 Å². The number of rotatable bonds is 2. The summed E-state index contributed by atoms with van der Waals surface area (Å²) in [6, 6.07) is 23.1. The van der Waals surface area contributed by atoms with Gasteiger partial charge < -0.3 is 0 Å². The fourth-order valence-corrected chi connectivity index (χ4v) is 8.17. The molecule has 3 heterocycles. The van der Waals surface area contributed by atoms with Crippen LogP contribution in [-0.4, -0.2) is 33.6 Å². The van der Waals surface area contributed by atoms with E-state index in [1.165, 1.54) is 41.8 Å². The van der Waals surface area contributed by atoms with E-state index >= 15 is 0 Å². The maximum absolute atomic E-state index is 2.40. The van der Waals surface area contributed by atoms with Gasteiger partial charge in [-0.1, -0.05) is 0 Å². The Morgan fingerprint density at radius 1 is 0.654 bits per heavy atom. The summed E-state index contributed by atoms with van der Waals surface area (Å²) in [4.78, 5) is 0. The van der Waals surface area contributed by atoms with Crippen molar-refractivity contribution in [1.29, 1.82) is 0 Å². The third kappa shape index (κ3) is 2.59. The first-order valence-electron chi connectivity index (χ1n) is 8.76. The summed E-state index contributed by atoms with van der Waals surface area (Å²) in [6.45, 7) is 4.42. The van der Waals surface area contributed by atoms with Crippen molar-refractivity contribution in [2.75, 3.05) is 0 Å². The van der Waals surface area contributed by atoms with Crippen LogP contribution in [0.3, 0.4) is 0 Å². The second kappa shape index (κ2) is 6.15. The van der Waals surface area contributed by atoms with Gasteiger partial charge in [0, 0.05) is 0 Å². The van der Waals surface area contributed by atoms with E-state index in [0.717, 1.165) is 0 Å². The Morgan fingerprint density at radius 3 is 2.08 bits per heavy atom. The molecule has 5 rings (SSSR count). The van der Waals surface area contributed by atoms with Gasteiger partial charge in [-0.3, -0.25) is 0 Å². The third-order valence-electron chi connectivity index (χ3n) is 5.04. The van der Waals surface area contributed by atoms with Crippen LogP contribution in [0.4, 0.5) is 0 Å². The van der Waals surface area contributed by atoms with Crippen molar-refractivity contribution in [3.8, 4) is 18.9 Å². The quantitative estimate of drug-likeness (QED) is 0.307. The molecule has 0 fully saturated rings. The second-order valence-corrected chi connectivity index (χ2v) is 11.9. The first-order chi connectivity index (χ1) is 12.6. The summed E-state index contributed by atoms with van der Waals surface area (Å²) in [5.41, 5.74) is 5.33. The Morgan fingerprint density at radius 2 is 1.31 bits per heavy atom. The molecule has 128 valence electrons. The number of nitrogens with zero attached hydrogens (tertiary/aromatic N) is 1. The Kier molecular flexibility index (Phi) is 3.88. The average molecular weight is 467 g/mol. The molecule has 0 aliphatic rings. The van der Waals surface area contributed by atoms with Crippen LogP contribution in [0.15, 0.2) is 60.7 Å². The zero-order valence-corrected chi connectivity index (χ0v) is 18.5. The predicted molar refractivity (Wildman–Crippen MR) is 115 cm³/mol. The van der Waals surface area contributed by atoms with Crippen LogP contribution < -0.4 is 0 Å². The second-order valence-electron chi connectivity index (χ2n) is 6.89. The van der Waals surface area contributed by atoms with Crippen LogP contribution in [0.2, 0.25) is 0 Å². The fraction of sp³-hybridized carbons (Fsp3) is 0.130. The molecule has 0 aliphatic carbocycles. The van der Waals surface area contributed by atoms with Gasteiger partial charge in [0.2, 0.25) is 0 Å². The van der Waals surface area contributed by atoms with Gasteiger partial charge in [0.15, 0.2) is 0 Å². The van der Waals surface area contributed by atoms with Gasteiger partial charge in [-0.2, -0.15) is 0 Å². The molecule has 0 amide bonds. The molecule has 0 radical (unpaired) electrons. The first kappa shape index (κ1) is 16.4. The SMILES string of the molecule is Cc1ccc2c(c1)c1cc(-c3ccc(-c4ccc(C)[se]4)[se]3)ccc1n2C. The van der Waals surface area contributed by atoms with E-state index in [1.807, 2.05) is 0 Å². The standard InChI is InChI=1S/C23H19NSe2/c1-14-4-7-19-17(12-14)18-13-16(6-8-20(18)24(19)3)21-10-11-23(26-21)22-9-5-15(2)25-22/h4-13H,1-3H3. The van der Waals surface area contributed by atoms with E-state index in [9.17, 15) is 0 Å². The Hall–Kier alpha value is -1.76. The Balaban J connectivity index is 1.67. The van der Waals surface area contributed by atoms with Crippen molar-refractivity contribution in [1.82, 2.24) is 4.57 Å². The normalized spacial score (nSPS) is 11.7. The zero-order valence-electron chi connectivity index (χ0n) is 15.0. The van der Waals surface area contributed by atoms with Crippen LogP contribution in [0.5, 0.6) is 0 Å².